The van der Waals surface area contributed by atoms with Gasteiger partial charge in [0, 0.05) is 35.2 Å². The smallest absolute Gasteiger partial charge is 0.184 e. The van der Waals surface area contributed by atoms with E-state index in [9.17, 15) is 8.42 Å². The number of benzene rings is 1. The van der Waals surface area contributed by atoms with Crippen molar-refractivity contribution in [3.8, 4) is 0 Å². The third-order valence-electron chi connectivity index (χ3n) is 6.05. The number of anilines is 1. The predicted molar refractivity (Wildman–Crippen MR) is 120 cm³/mol. The van der Waals surface area contributed by atoms with Crippen molar-refractivity contribution in [2.45, 2.75) is 49.8 Å². The van der Waals surface area contributed by atoms with Crippen molar-refractivity contribution in [2.24, 2.45) is 5.92 Å². The molecular formula is C21H30BrN3O2S. The van der Waals surface area contributed by atoms with Crippen LogP contribution in [0.25, 0.3) is 10.9 Å². The highest BCUT2D eigenvalue weighted by atomic mass is 79.9. The topological polar surface area (TPSA) is 53.5 Å². The Bertz CT molecular complexity index is 952. The summed E-state index contributed by atoms with van der Waals surface area (Å²) in [6.45, 7) is 7.45. The number of nitrogens with zero attached hydrogens (tertiary/aromatic N) is 3. The Labute approximate surface area is 177 Å². The Morgan fingerprint density at radius 1 is 1.18 bits per heavy atom. The first kappa shape index (κ1) is 21.5. The van der Waals surface area contributed by atoms with Crippen LogP contribution in [0.1, 0.15) is 33.6 Å². The molecule has 28 heavy (non-hydrogen) atoms. The predicted octanol–water partition coefficient (Wildman–Crippen LogP) is 4.35. The minimum atomic E-state index is -3.43. The highest BCUT2D eigenvalue weighted by molar-refractivity contribution is 9.10. The lowest BCUT2D eigenvalue weighted by atomic mass is 9.89. The van der Waals surface area contributed by atoms with E-state index in [2.05, 4.69) is 51.7 Å². The third-order valence-corrected chi connectivity index (χ3v) is 8.69. The van der Waals surface area contributed by atoms with E-state index in [1.807, 2.05) is 18.2 Å². The summed E-state index contributed by atoms with van der Waals surface area (Å²) in [7, 11) is 0.814. The molecule has 1 unspecified atom stereocenters. The molecule has 0 amide bonds. The molecule has 1 saturated heterocycles. The molecule has 1 aliphatic rings. The SMILES string of the molecule is CC(C1CCN(c2c(S(=O)(=O)C(C)C)cnc3ccc(Br)cc23)CC1)N(C)C. The van der Waals surface area contributed by atoms with E-state index in [4.69, 9.17) is 0 Å². The van der Waals surface area contributed by atoms with Gasteiger partial charge >= 0.3 is 0 Å². The summed E-state index contributed by atoms with van der Waals surface area (Å²) in [5.74, 6) is 0.622. The number of sulfone groups is 1. The zero-order valence-corrected chi connectivity index (χ0v) is 19.7. The van der Waals surface area contributed by atoms with Crippen molar-refractivity contribution >= 4 is 42.4 Å². The van der Waals surface area contributed by atoms with Crippen molar-refractivity contribution < 1.29 is 8.42 Å². The molecule has 0 spiro atoms. The summed E-state index contributed by atoms with van der Waals surface area (Å²) >= 11 is 3.54. The van der Waals surface area contributed by atoms with E-state index in [-0.39, 0.29) is 0 Å². The number of hydrogen-bond donors (Lipinski definition) is 0. The Morgan fingerprint density at radius 3 is 2.39 bits per heavy atom. The van der Waals surface area contributed by atoms with Crippen LogP contribution in [0.3, 0.4) is 0 Å². The molecule has 0 saturated carbocycles. The Morgan fingerprint density at radius 2 is 1.82 bits per heavy atom. The summed E-state index contributed by atoms with van der Waals surface area (Å²) in [5, 5.41) is 0.416. The summed E-state index contributed by atoms with van der Waals surface area (Å²) in [4.78, 5) is 9.34. The maximum absolute atomic E-state index is 13.1. The van der Waals surface area contributed by atoms with Gasteiger partial charge in [0.2, 0.25) is 0 Å². The largest absolute Gasteiger partial charge is 0.370 e. The van der Waals surface area contributed by atoms with Gasteiger partial charge in [-0.15, -0.1) is 0 Å². The first-order chi connectivity index (χ1) is 13.1. The van der Waals surface area contributed by atoms with Crippen LogP contribution < -0.4 is 4.90 Å². The minimum Gasteiger partial charge on any atom is -0.370 e. The molecule has 1 fully saturated rings. The van der Waals surface area contributed by atoms with Gasteiger partial charge in [-0.2, -0.15) is 0 Å². The zero-order valence-electron chi connectivity index (χ0n) is 17.3. The van der Waals surface area contributed by atoms with Crippen molar-refractivity contribution in [1.82, 2.24) is 9.88 Å². The molecule has 2 heterocycles. The summed E-state index contributed by atoms with van der Waals surface area (Å²) in [6, 6.07) is 6.39. The quantitative estimate of drug-likeness (QED) is 0.653. The second kappa shape index (κ2) is 8.28. The first-order valence-corrected chi connectivity index (χ1v) is 12.2. The third kappa shape index (κ3) is 4.07. The normalized spacial score (nSPS) is 17.6. The Kier molecular flexibility index (Phi) is 6.37. The van der Waals surface area contributed by atoms with E-state index in [0.717, 1.165) is 47.0 Å². The standard InChI is InChI=1S/C21H30BrN3O2S/c1-14(2)28(26,27)20-13-23-19-7-6-17(22)12-18(19)21(20)25-10-8-16(9-11-25)15(3)24(4)5/h6-7,12-16H,8-11H2,1-5H3. The number of rotatable bonds is 5. The van der Waals surface area contributed by atoms with Gasteiger partial charge in [-0.05, 0) is 71.8 Å². The highest BCUT2D eigenvalue weighted by Crippen LogP contribution is 2.38. The molecule has 5 nitrogen and oxygen atoms in total. The zero-order chi connectivity index (χ0) is 20.6. The van der Waals surface area contributed by atoms with Gasteiger partial charge < -0.3 is 9.80 Å². The van der Waals surface area contributed by atoms with E-state index in [0.29, 0.717) is 16.9 Å². The summed E-state index contributed by atoms with van der Waals surface area (Å²) in [5.41, 5.74) is 1.64. The fraction of sp³-hybridized carbons (Fsp3) is 0.571. The lowest BCUT2D eigenvalue weighted by Crippen LogP contribution is -2.42. The van der Waals surface area contributed by atoms with E-state index >= 15 is 0 Å². The maximum atomic E-state index is 13.1. The van der Waals surface area contributed by atoms with Crippen LogP contribution in [0.5, 0.6) is 0 Å². The van der Waals surface area contributed by atoms with E-state index in [1.165, 1.54) is 0 Å². The second-order valence-corrected chi connectivity index (χ2v) is 11.6. The molecule has 1 aliphatic heterocycles. The highest BCUT2D eigenvalue weighted by Gasteiger charge is 2.31. The summed E-state index contributed by atoms with van der Waals surface area (Å²) < 4.78 is 27.1. The lowest BCUT2D eigenvalue weighted by Gasteiger charge is -2.39. The van der Waals surface area contributed by atoms with Crippen LogP contribution in [0, 0.1) is 5.92 Å². The Balaban J connectivity index is 2.07. The van der Waals surface area contributed by atoms with Crippen LogP contribution in [-0.2, 0) is 9.84 Å². The number of pyridine rings is 1. The van der Waals surface area contributed by atoms with Crippen molar-refractivity contribution in [1.29, 1.82) is 0 Å². The van der Waals surface area contributed by atoms with E-state index in [1.54, 1.807) is 20.0 Å². The maximum Gasteiger partial charge on any atom is 0.184 e. The summed E-state index contributed by atoms with van der Waals surface area (Å²) in [6.07, 6.45) is 3.66. The molecule has 2 aromatic rings. The fourth-order valence-corrected chi connectivity index (χ4v) is 5.53. The molecule has 0 radical (unpaired) electrons. The molecule has 154 valence electrons. The van der Waals surface area contributed by atoms with Gasteiger partial charge in [0.15, 0.2) is 9.84 Å². The van der Waals surface area contributed by atoms with Crippen LogP contribution in [0.2, 0.25) is 0 Å². The van der Waals surface area contributed by atoms with Gasteiger partial charge in [0.1, 0.15) is 4.90 Å². The minimum absolute atomic E-state index is 0.354. The van der Waals surface area contributed by atoms with Crippen LogP contribution in [-0.4, -0.2) is 56.8 Å². The molecule has 1 aromatic carbocycles. The van der Waals surface area contributed by atoms with Gasteiger partial charge in [0.25, 0.3) is 0 Å². The lowest BCUT2D eigenvalue weighted by molar-refractivity contribution is 0.199. The van der Waals surface area contributed by atoms with Gasteiger partial charge in [-0.25, -0.2) is 8.42 Å². The van der Waals surface area contributed by atoms with Crippen molar-refractivity contribution in [3.63, 3.8) is 0 Å². The molecule has 0 N–H and O–H groups in total. The van der Waals surface area contributed by atoms with Gasteiger partial charge in [-0.1, -0.05) is 15.9 Å². The second-order valence-electron chi connectivity index (χ2n) is 8.25. The molecule has 1 atom stereocenters. The van der Waals surface area contributed by atoms with Crippen LogP contribution in [0.4, 0.5) is 5.69 Å². The Hall–Kier alpha value is -1.18. The molecule has 0 bridgehead atoms. The number of piperidine rings is 1. The number of halogens is 1. The molecule has 7 heteroatoms. The number of fused-ring (bicyclic) bond motifs is 1. The first-order valence-electron chi connectivity index (χ1n) is 9.86. The molecule has 3 rings (SSSR count). The van der Waals surface area contributed by atoms with Crippen molar-refractivity contribution in [3.05, 3.63) is 28.9 Å². The number of hydrogen-bond acceptors (Lipinski definition) is 5. The fourth-order valence-electron chi connectivity index (χ4n) is 3.95. The average Bonchev–Trinajstić information content (AvgIpc) is 2.66. The van der Waals surface area contributed by atoms with Crippen LogP contribution in [0.15, 0.2) is 33.8 Å². The van der Waals surface area contributed by atoms with E-state index < -0.39 is 15.1 Å². The van der Waals surface area contributed by atoms with Gasteiger partial charge in [0.05, 0.1) is 16.5 Å². The molecule has 1 aromatic heterocycles. The van der Waals surface area contributed by atoms with Gasteiger partial charge in [-0.3, -0.25) is 4.98 Å². The monoisotopic (exact) mass is 467 g/mol. The average molecular weight is 468 g/mol. The molecular weight excluding hydrogens is 438 g/mol. The molecule has 0 aliphatic carbocycles. The van der Waals surface area contributed by atoms with Crippen molar-refractivity contribution in [2.75, 3.05) is 32.1 Å². The number of aromatic nitrogens is 1. The van der Waals surface area contributed by atoms with Crippen LogP contribution >= 0.6 is 15.9 Å².